The van der Waals surface area contributed by atoms with Crippen molar-refractivity contribution >= 4 is 11.6 Å². The molecule has 0 fully saturated rings. The maximum Gasteiger partial charge on any atom is 0.246 e. The quantitative estimate of drug-likeness (QED) is 0.920. The summed E-state index contributed by atoms with van der Waals surface area (Å²) in [5, 5.41) is 7.57. The van der Waals surface area contributed by atoms with Gasteiger partial charge >= 0.3 is 0 Å². The lowest BCUT2D eigenvalue weighted by Gasteiger charge is -2.20. The number of aromatic nitrogens is 2. The molecule has 20 heavy (non-hydrogen) atoms. The van der Waals surface area contributed by atoms with E-state index in [0.717, 1.165) is 12.1 Å². The van der Waals surface area contributed by atoms with E-state index in [1.54, 1.807) is 6.07 Å². The Morgan fingerprint density at radius 2 is 2.15 bits per heavy atom. The van der Waals surface area contributed by atoms with Gasteiger partial charge in [-0.15, -0.1) is 0 Å². The van der Waals surface area contributed by atoms with Crippen molar-refractivity contribution < 1.29 is 8.91 Å². The van der Waals surface area contributed by atoms with Crippen LogP contribution in [0.1, 0.15) is 38.0 Å². The second kappa shape index (κ2) is 5.89. The van der Waals surface area contributed by atoms with Gasteiger partial charge in [-0.1, -0.05) is 29.7 Å². The van der Waals surface area contributed by atoms with Gasteiger partial charge in [0.15, 0.2) is 5.82 Å². The number of halogens is 2. The predicted molar refractivity (Wildman–Crippen MR) is 75.2 cm³/mol. The molecule has 4 nitrogen and oxygen atoms in total. The van der Waals surface area contributed by atoms with Crippen LogP contribution in [0, 0.1) is 5.82 Å². The van der Waals surface area contributed by atoms with Crippen LogP contribution < -0.4 is 5.32 Å². The van der Waals surface area contributed by atoms with Crippen molar-refractivity contribution in [3.05, 3.63) is 46.3 Å². The maximum absolute atomic E-state index is 13.0. The molecule has 0 amide bonds. The van der Waals surface area contributed by atoms with Crippen LogP contribution in [0.25, 0.3) is 0 Å². The van der Waals surface area contributed by atoms with Gasteiger partial charge in [0.25, 0.3) is 0 Å². The molecular formula is C14H17ClFN3O. The monoisotopic (exact) mass is 297 g/mol. The number of nitrogens with one attached hydrogen (secondary N) is 1. The van der Waals surface area contributed by atoms with E-state index in [1.165, 1.54) is 12.1 Å². The van der Waals surface area contributed by atoms with Gasteiger partial charge in [-0.2, -0.15) is 4.98 Å². The molecule has 0 radical (unpaired) electrons. The van der Waals surface area contributed by atoms with Crippen LogP contribution in [0.3, 0.4) is 0 Å². The summed E-state index contributed by atoms with van der Waals surface area (Å²) in [5.74, 6) is 0.688. The Kier molecular flexibility index (Phi) is 4.40. The highest BCUT2D eigenvalue weighted by Gasteiger charge is 2.26. The second-order valence-corrected chi connectivity index (χ2v) is 5.49. The van der Waals surface area contributed by atoms with Crippen molar-refractivity contribution in [3.63, 3.8) is 0 Å². The minimum Gasteiger partial charge on any atom is -0.337 e. The Balaban J connectivity index is 2.17. The topological polar surface area (TPSA) is 51.0 Å². The lowest BCUT2D eigenvalue weighted by atomic mass is 10.1. The number of nitrogens with zero attached hydrogens (tertiary/aromatic N) is 2. The molecule has 1 aromatic heterocycles. The highest BCUT2D eigenvalue weighted by Crippen LogP contribution is 2.22. The number of hydrogen-bond donors (Lipinski definition) is 1. The zero-order chi connectivity index (χ0) is 14.8. The van der Waals surface area contributed by atoms with E-state index in [4.69, 9.17) is 16.1 Å². The Hall–Kier alpha value is -1.46. The van der Waals surface area contributed by atoms with E-state index in [2.05, 4.69) is 15.5 Å². The number of benzene rings is 1. The molecule has 1 N–H and O–H groups in total. The molecule has 0 aliphatic heterocycles. The smallest absolute Gasteiger partial charge is 0.246 e. The van der Waals surface area contributed by atoms with Crippen molar-refractivity contribution in [3.8, 4) is 0 Å². The molecule has 0 atom stereocenters. The summed E-state index contributed by atoms with van der Waals surface area (Å²) >= 11 is 5.99. The largest absolute Gasteiger partial charge is 0.337 e. The molecular weight excluding hydrogens is 281 g/mol. The Morgan fingerprint density at radius 3 is 2.80 bits per heavy atom. The first-order valence-electron chi connectivity index (χ1n) is 6.44. The van der Waals surface area contributed by atoms with E-state index in [9.17, 15) is 4.39 Å². The molecule has 0 aliphatic carbocycles. The number of rotatable bonds is 5. The fourth-order valence-corrected chi connectivity index (χ4v) is 2.17. The fourth-order valence-electron chi connectivity index (χ4n) is 1.93. The molecule has 2 aromatic rings. The van der Waals surface area contributed by atoms with Crippen LogP contribution in [-0.2, 0) is 12.0 Å². The van der Waals surface area contributed by atoms with Crippen LogP contribution >= 0.6 is 11.6 Å². The predicted octanol–water partition coefficient (Wildman–Crippen LogP) is 3.30. The van der Waals surface area contributed by atoms with Crippen LogP contribution in [0.2, 0.25) is 5.02 Å². The molecule has 0 saturated heterocycles. The third kappa shape index (κ3) is 3.35. The normalized spacial score (nSPS) is 11.8. The van der Waals surface area contributed by atoms with Gasteiger partial charge in [0.05, 0.1) is 5.54 Å². The van der Waals surface area contributed by atoms with Gasteiger partial charge in [0.1, 0.15) is 5.82 Å². The van der Waals surface area contributed by atoms with Crippen molar-refractivity contribution in [1.29, 1.82) is 0 Å². The molecule has 0 saturated carbocycles. The van der Waals surface area contributed by atoms with Crippen molar-refractivity contribution in [1.82, 2.24) is 15.5 Å². The van der Waals surface area contributed by atoms with Crippen LogP contribution in [-0.4, -0.2) is 16.7 Å². The summed E-state index contributed by atoms with van der Waals surface area (Å²) in [7, 11) is 0. The minimum atomic E-state index is -0.382. The Morgan fingerprint density at radius 1 is 1.40 bits per heavy atom. The third-order valence-corrected chi connectivity index (χ3v) is 3.34. The van der Waals surface area contributed by atoms with Crippen molar-refractivity contribution in [2.45, 2.75) is 32.7 Å². The summed E-state index contributed by atoms with van der Waals surface area (Å²) in [6.07, 6.45) is 0.408. The number of hydrogen-bond acceptors (Lipinski definition) is 4. The average Bonchev–Trinajstić information content (AvgIpc) is 2.82. The third-order valence-electron chi connectivity index (χ3n) is 2.99. The standard InChI is InChI=1S/C14H17ClFN3O/c1-4-17-14(2,3)13-18-12(19-20-13)7-9-5-6-10(16)8-11(9)15/h5-6,8,17H,4,7H2,1-3H3. The minimum absolute atomic E-state index is 0.360. The highest BCUT2D eigenvalue weighted by molar-refractivity contribution is 6.31. The van der Waals surface area contributed by atoms with Gasteiger partial charge in [0.2, 0.25) is 5.89 Å². The van der Waals surface area contributed by atoms with Gasteiger partial charge in [-0.05, 0) is 38.1 Å². The van der Waals surface area contributed by atoms with E-state index in [1.807, 2.05) is 20.8 Å². The fraction of sp³-hybridized carbons (Fsp3) is 0.429. The average molecular weight is 298 g/mol. The summed E-state index contributed by atoms with van der Waals surface area (Å²) in [4.78, 5) is 4.37. The molecule has 0 bridgehead atoms. The molecule has 1 aromatic carbocycles. The van der Waals surface area contributed by atoms with Gasteiger partial charge < -0.3 is 9.84 Å². The summed E-state index contributed by atoms with van der Waals surface area (Å²) < 4.78 is 18.3. The molecule has 6 heteroatoms. The van der Waals surface area contributed by atoms with E-state index < -0.39 is 0 Å². The summed E-state index contributed by atoms with van der Waals surface area (Å²) in [5.41, 5.74) is 0.383. The first kappa shape index (κ1) is 14.9. The molecule has 0 spiro atoms. The van der Waals surface area contributed by atoms with Gasteiger partial charge in [0, 0.05) is 11.4 Å². The van der Waals surface area contributed by atoms with Crippen molar-refractivity contribution in [2.24, 2.45) is 0 Å². The summed E-state index contributed by atoms with van der Waals surface area (Å²) in [6.45, 7) is 6.75. The van der Waals surface area contributed by atoms with Crippen LogP contribution in [0.4, 0.5) is 4.39 Å². The first-order valence-corrected chi connectivity index (χ1v) is 6.82. The summed E-state index contributed by atoms with van der Waals surface area (Å²) in [6, 6.07) is 4.27. The van der Waals surface area contributed by atoms with E-state index >= 15 is 0 Å². The van der Waals surface area contributed by atoms with E-state index in [0.29, 0.717) is 23.2 Å². The van der Waals surface area contributed by atoms with Gasteiger partial charge in [-0.25, -0.2) is 4.39 Å². The van der Waals surface area contributed by atoms with Gasteiger partial charge in [-0.3, -0.25) is 0 Å². The highest BCUT2D eigenvalue weighted by atomic mass is 35.5. The van der Waals surface area contributed by atoms with Crippen LogP contribution in [0.5, 0.6) is 0 Å². The molecule has 0 aliphatic rings. The molecule has 1 heterocycles. The van der Waals surface area contributed by atoms with E-state index in [-0.39, 0.29) is 11.4 Å². The Bertz CT molecular complexity index is 598. The maximum atomic E-state index is 13.0. The second-order valence-electron chi connectivity index (χ2n) is 5.08. The molecule has 0 unspecified atom stereocenters. The molecule has 2 rings (SSSR count). The zero-order valence-electron chi connectivity index (χ0n) is 11.7. The lowest BCUT2D eigenvalue weighted by Crippen LogP contribution is -2.36. The lowest BCUT2D eigenvalue weighted by molar-refractivity contribution is 0.271. The SMILES string of the molecule is CCNC(C)(C)c1nc(Cc2ccc(F)cc2Cl)no1. The van der Waals surface area contributed by atoms with Crippen molar-refractivity contribution in [2.75, 3.05) is 6.54 Å². The zero-order valence-corrected chi connectivity index (χ0v) is 12.5. The molecule has 108 valence electrons. The Labute approximate surface area is 122 Å². The van der Waals surface area contributed by atoms with Crippen LogP contribution in [0.15, 0.2) is 22.7 Å². The first-order chi connectivity index (χ1) is 9.42.